The van der Waals surface area contributed by atoms with Crippen LogP contribution in [0.3, 0.4) is 0 Å². The smallest absolute Gasteiger partial charge is 0.133 e. The summed E-state index contributed by atoms with van der Waals surface area (Å²) in [5, 5.41) is 0. The first kappa shape index (κ1) is 15.3. The van der Waals surface area contributed by atoms with Crippen molar-refractivity contribution in [3.63, 3.8) is 0 Å². The molecule has 1 unspecified atom stereocenters. The zero-order valence-corrected chi connectivity index (χ0v) is 14.4. The van der Waals surface area contributed by atoms with Crippen LogP contribution in [0.15, 0.2) is 22.7 Å². The minimum atomic E-state index is 0.446. The third-order valence-electron chi connectivity index (χ3n) is 3.63. The predicted octanol–water partition coefficient (Wildman–Crippen LogP) is 5.10. The van der Waals surface area contributed by atoms with Gasteiger partial charge in [0.25, 0.3) is 0 Å². The minimum absolute atomic E-state index is 0.446. The minimum Gasteiger partial charge on any atom is -0.490 e. The van der Waals surface area contributed by atoms with E-state index in [0.717, 1.165) is 16.1 Å². The molecule has 4 heteroatoms. The largest absolute Gasteiger partial charge is 0.490 e. The first-order chi connectivity index (χ1) is 9.20. The Morgan fingerprint density at radius 3 is 2.68 bits per heavy atom. The lowest BCUT2D eigenvalue weighted by atomic mass is 9.81. The topological polar surface area (TPSA) is 18.5 Å². The second kappa shape index (κ2) is 7.65. The molecule has 2 rings (SSSR count). The van der Waals surface area contributed by atoms with Crippen LogP contribution < -0.4 is 4.74 Å². The second-order valence-corrected chi connectivity index (χ2v) is 6.99. The molecule has 1 fully saturated rings. The lowest BCUT2D eigenvalue weighted by molar-refractivity contribution is 0.146. The second-order valence-electron chi connectivity index (χ2n) is 5.03. The predicted molar refractivity (Wildman–Crippen MR) is 85.1 cm³/mol. The average molecular weight is 392 g/mol. The molecule has 1 saturated carbocycles. The molecule has 1 aliphatic carbocycles. The maximum absolute atomic E-state index is 5.64. The van der Waals surface area contributed by atoms with E-state index in [0.29, 0.717) is 18.0 Å². The highest BCUT2D eigenvalue weighted by molar-refractivity contribution is 9.10. The van der Waals surface area contributed by atoms with Gasteiger partial charge in [-0.3, -0.25) is 0 Å². The maximum atomic E-state index is 5.64. The number of hydrogen-bond acceptors (Lipinski definition) is 2. The van der Waals surface area contributed by atoms with Crippen LogP contribution in [0.25, 0.3) is 0 Å². The molecule has 0 N–H and O–H groups in total. The van der Waals surface area contributed by atoms with Crippen molar-refractivity contribution < 1.29 is 9.47 Å². The zero-order chi connectivity index (χ0) is 13.7. The van der Waals surface area contributed by atoms with Gasteiger partial charge in [-0.1, -0.05) is 41.3 Å². The molecule has 2 nitrogen and oxygen atoms in total. The molecule has 1 aromatic carbocycles. The van der Waals surface area contributed by atoms with E-state index in [4.69, 9.17) is 9.47 Å². The number of hydrogen-bond donors (Lipinski definition) is 0. The Hall–Kier alpha value is -0.0600. The van der Waals surface area contributed by atoms with Crippen LogP contribution in [-0.4, -0.2) is 20.3 Å². The summed E-state index contributed by atoms with van der Waals surface area (Å²) in [6, 6.07) is 6.33. The first-order valence-corrected chi connectivity index (χ1v) is 8.47. The molecule has 106 valence electrons. The van der Waals surface area contributed by atoms with Crippen molar-refractivity contribution in [3.8, 4) is 5.75 Å². The normalized spacial score (nSPS) is 17.0. The molecule has 0 amide bonds. The fraction of sp³-hybridized carbons (Fsp3) is 0.600. The molecular formula is C15H20Br2O2. The number of benzene rings is 1. The molecule has 0 saturated heterocycles. The molecule has 1 aromatic rings. The van der Waals surface area contributed by atoms with Gasteiger partial charge in [0.15, 0.2) is 0 Å². The van der Waals surface area contributed by atoms with Crippen molar-refractivity contribution in [1.82, 2.24) is 0 Å². The van der Waals surface area contributed by atoms with E-state index >= 15 is 0 Å². The van der Waals surface area contributed by atoms with Gasteiger partial charge in [0.05, 0.1) is 11.1 Å². The Kier molecular flexibility index (Phi) is 6.17. The molecule has 0 bridgehead atoms. The summed E-state index contributed by atoms with van der Waals surface area (Å²) in [6.07, 6.45) is 5.42. The molecule has 1 atom stereocenters. The van der Waals surface area contributed by atoms with Gasteiger partial charge in [0.2, 0.25) is 0 Å². The third-order valence-corrected chi connectivity index (χ3v) is 5.15. The molecule has 1 aliphatic rings. The Labute approximate surface area is 132 Å². The molecule has 0 aromatic heterocycles. The molecule has 0 aliphatic heterocycles. The van der Waals surface area contributed by atoms with E-state index in [-0.39, 0.29) is 0 Å². The highest BCUT2D eigenvalue weighted by Gasteiger charge is 2.21. The lowest BCUT2D eigenvalue weighted by Gasteiger charge is -2.27. The summed E-state index contributed by atoms with van der Waals surface area (Å²) in [7, 11) is 1.68. The van der Waals surface area contributed by atoms with Crippen LogP contribution >= 0.6 is 31.9 Å². The fourth-order valence-electron chi connectivity index (χ4n) is 2.22. The highest BCUT2D eigenvalue weighted by atomic mass is 79.9. The zero-order valence-electron chi connectivity index (χ0n) is 11.2. The Morgan fingerprint density at radius 1 is 1.32 bits per heavy atom. The van der Waals surface area contributed by atoms with Crippen LogP contribution in [0.1, 0.15) is 36.1 Å². The molecular weight excluding hydrogens is 372 g/mol. The summed E-state index contributed by atoms with van der Waals surface area (Å²) >= 11 is 7.38. The average Bonchev–Trinajstić information content (AvgIpc) is 2.35. The highest BCUT2D eigenvalue weighted by Crippen LogP contribution is 2.40. The first-order valence-electron chi connectivity index (χ1n) is 6.76. The lowest BCUT2D eigenvalue weighted by Crippen LogP contribution is -2.12. The molecule has 0 heterocycles. The van der Waals surface area contributed by atoms with Gasteiger partial charge in [-0.05, 0) is 46.0 Å². The van der Waals surface area contributed by atoms with E-state index < -0.39 is 0 Å². The van der Waals surface area contributed by atoms with E-state index in [2.05, 4.69) is 44.0 Å². The van der Waals surface area contributed by atoms with Gasteiger partial charge in [-0.25, -0.2) is 0 Å². The van der Waals surface area contributed by atoms with Gasteiger partial charge >= 0.3 is 0 Å². The third kappa shape index (κ3) is 4.47. The maximum Gasteiger partial charge on any atom is 0.133 e. The van der Waals surface area contributed by atoms with Crippen LogP contribution in [0, 0.1) is 5.92 Å². The number of ether oxygens (including phenoxy) is 2. The standard InChI is InChI=1S/C15H20Br2O2/c1-18-7-8-19-15-6-5-12(10-14(15)17)13(16)9-11-3-2-4-11/h5-6,10-11,13H,2-4,7-9H2,1H3. The number of halogens is 2. The van der Waals surface area contributed by atoms with E-state index in [1.807, 2.05) is 6.07 Å². The van der Waals surface area contributed by atoms with E-state index in [9.17, 15) is 0 Å². The van der Waals surface area contributed by atoms with Gasteiger partial charge in [-0.2, -0.15) is 0 Å². The van der Waals surface area contributed by atoms with E-state index in [1.165, 1.54) is 31.2 Å². The van der Waals surface area contributed by atoms with Crippen LogP contribution in [0.4, 0.5) is 0 Å². The van der Waals surface area contributed by atoms with Crippen molar-refractivity contribution >= 4 is 31.9 Å². The summed E-state index contributed by atoms with van der Waals surface area (Å²) in [6.45, 7) is 1.19. The summed E-state index contributed by atoms with van der Waals surface area (Å²) in [5.41, 5.74) is 1.32. The van der Waals surface area contributed by atoms with Crippen LogP contribution in [0.5, 0.6) is 5.75 Å². The SMILES string of the molecule is COCCOc1ccc(C(Br)CC2CCC2)cc1Br. The fourth-order valence-corrected chi connectivity index (χ4v) is 3.55. The number of alkyl halides is 1. The van der Waals surface area contributed by atoms with Gasteiger partial charge in [-0.15, -0.1) is 0 Å². The van der Waals surface area contributed by atoms with Crippen LogP contribution in [0.2, 0.25) is 0 Å². The van der Waals surface area contributed by atoms with Gasteiger partial charge in [0, 0.05) is 11.9 Å². The molecule has 19 heavy (non-hydrogen) atoms. The molecule has 0 radical (unpaired) electrons. The summed E-state index contributed by atoms with van der Waals surface area (Å²) in [5.74, 6) is 1.78. The van der Waals surface area contributed by atoms with Crippen molar-refractivity contribution in [1.29, 1.82) is 0 Å². The van der Waals surface area contributed by atoms with Crippen LogP contribution in [-0.2, 0) is 4.74 Å². The Balaban J connectivity index is 1.92. The number of methoxy groups -OCH3 is 1. The van der Waals surface area contributed by atoms with Crippen molar-refractivity contribution in [2.24, 2.45) is 5.92 Å². The number of rotatable bonds is 7. The van der Waals surface area contributed by atoms with Crippen molar-refractivity contribution in [3.05, 3.63) is 28.2 Å². The van der Waals surface area contributed by atoms with Crippen molar-refractivity contribution in [2.75, 3.05) is 20.3 Å². The quantitative estimate of drug-likeness (QED) is 0.475. The monoisotopic (exact) mass is 390 g/mol. The Morgan fingerprint density at radius 2 is 2.11 bits per heavy atom. The van der Waals surface area contributed by atoms with Gasteiger partial charge in [0.1, 0.15) is 12.4 Å². The Bertz CT molecular complexity index is 405. The summed E-state index contributed by atoms with van der Waals surface area (Å²) in [4.78, 5) is 0.446. The molecule has 0 spiro atoms. The van der Waals surface area contributed by atoms with E-state index in [1.54, 1.807) is 7.11 Å². The van der Waals surface area contributed by atoms with Gasteiger partial charge < -0.3 is 9.47 Å². The van der Waals surface area contributed by atoms with Crippen molar-refractivity contribution in [2.45, 2.75) is 30.5 Å². The summed E-state index contributed by atoms with van der Waals surface area (Å²) < 4.78 is 11.6.